The van der Waals surface area contributed by atoms with Gasteiger partial charge in [-0.2, -0.15) is 0 Å². The summed E-state index contributed by atoms with van der Waals surface area (Å²) in [4.78, 5) is 0. The van der Waals surface area contributed by atoms with Crippen molar-refractivity contribution >= 4 is 23.2 Å². The fourth-order valence-electron chi connectivity index (χ4n) is 1.70. The number of nitrogens with one attached hydrogen (secondary N) is 1. The Morgan fingerprint density at radius 3 is 2.74 bits per heavy atom. The van der Waals surface area contributed by atoms with E-state index >= 15 is 0 Å². The summed E-state index contributed by atoms with van der Waals surface area (Å²) in [6.07, 6.45) is 2.68. The van der Waals surface area contributed by atoms with E-state index in [1.807, 2.05) is 6.07 Å². The molecule has 1 aromatic carbocycles. The van der Waals surface area contributed by atoms with Crippen LogP contribution in [-0.4, -0.2) is 24.9 Å². The number of unbranched alkanes of at least 4 members (excludes halogenated alkanes) is 1. The van der Waals surface area contributed by atoms with Crippen LogP contribution in [-0.2, 0) is 6.54 Å². The summed E-state index contributed by atoms with van der Waals surface area (Å²) in [7, 11) is 0. The first-order chi connectivity index (χ1) is 9.19. The lowest BCUT2D eigenvalue weighted by molar-refractivity contribution is 0.283. The highest BCUT2D eigenvalue weighted by atomic mass is 35.5. The van der Waals surface area contributed by atoms with E-state index in [9.17, 15) is 0 Å². The second-order valence-corrected chi connectivity index (χ2v) is 5.18. The van der Waals surface area contributed by atoms with Crippen molar-refractivity contribution in [3.63, 3.8) is 0 Å². The van der Waals surface area contributed by atoms with Crippen LogP contribution in [0.4, 0.5) is 0 Å². The van der Waals surface area contributed by atoms with Crippen LogP contribution in [0.15, 0.2) is 12.1 Å². The lowest BCUT2D eigenvalue weighted by Gasteiger charge is -2.14. The molecule has 0 saturated heterocycles. The minimum absolute atomic E-state index is 0.232. The molecule has 0 spiro atoms. The predicted octanol–water partition coefficient (Wildman–Crippen LogP) is 3.64. The van der Waals surface area contributed by atoms with Gasteiger partial charge in [-0.3, -0.25) is 0 Å². The van der Waals surface area contributed by atoms with Gasteiger partial charge in [0.05, 0.1) is 11.6 Å². The number of aliphatic hydroxyl groups excluding tert-OH is 1. The molecule has 0 bridgehead atoms. The molecule has 0 unspecified atom stereocenters. The smallest absolute Gasteiger partial charge is 0.142 e. The Balaban J connectivity index is 2.62. The van der Waals surface area contributed by atoms with Gasteiger partial charge in [-0.1, -0.05) is 30.1 Å². The molecular formula is C14H21Cl2NO2. The van der Waals surface area contributed by atoms with Gasteiger partial charge >= 0.3 is 0 Å². The van der Waals surface area contributed by atoms with E-state index < -0.39 is 0 Å². The van der Waals surface area contributed by atoms with Gasteiger partial charge in [0.2, 0.25) is 0 Å². The van der Waals surface area contributed by atoms with Crippen molar-refractivity contribution in [2.24, 2.45) is 0 Å². The maximum Gasteiger partial charge on any atom is 0.142 e. The molecule has 0 amide bonds. The van der Waals surface area contributed by atoms with E-state index in [2.05, 4.69) is 12.2 Å². The second-order valence-electron chi connectivity index (χ2n) is 4.33. The van der Waals surface area contributed by atoms with Crippen LogP contribution in [0, 0.1) is 0 Å². The molecule has 2 N–H and O–H groups in total. The van der Waals surface area contributed by atoms with Crippen molar-refractivity contribution in [1.82, 2.24) is 5.32 Å². The average molecular weight is 306 g/mol. The Morgan fingerprint density at radius 1 is 1.26 bits per heavy atom. The van der Waals surface area contributed by atoms with Crippen molar-refractivity contribution in [3.05, 3.63) is 27.7 Å². The Bertz CT molecular complexity index is 386. The Labute approximate surface area is 124 Å². The van der Waals surface area contributed by atoms with Gasteiger partial charge in [-0.15, -0.1) is 0 Å². The highest BCUT2D eigenvalue weighted by molar-refractivity contribution is 6.35. The van der Waals surface area contributed by atoms with Gasteiger partial charge in [-0.05, 0) is 37.9 Å². The van der Waals surface area contributed by atoms with E-state index in [1.54, 1.807) is 6.07 Å². The molecule has 108 valence electrons. The van der Waals surface area contributed by atoms with Gasteiger partial charge in [0.1, 0.15) is 5.75 Å². The summed E-state index contributed by atoms with van der Waals surface area (Å²) < 4.78 is 5.68. The molecule has 19 heavy (non-hydrogen) atoms. The van der Waals surface area contributed by atoms with E-state index in [1.165, 1.54) is 0 Å². The summed E-state index contributed by atoms with van der Waals surface area (Å²) >= 11 is 12.2. The standard InChI is InChI=1S/C14H21Cl2NO2/c1-2-7-19-14-11(8-12(15)9-13(14)16)10-17-5-3-4-6-18/h8-9,17-18H,2-7,10H2,1H3. The zero-order valence-corrected chi connectivity index (χ0v) is 12.7. The molecule has 1 rings (SSSR count). The van der Waals surface area contributed by atoms with Crippen molar-refractivity contribution in [2.75, 3.05) is 19.8 Å². The van der Waals surface area contributed by atoms with Crippen LogP contribution < -0.4 is 10.1 Å². The van der Waals surface area contributed by atoms with E-state index in [4.69, 9.17) is 33.0 Å². The molecule has 0 radical (unpaired) electrons. The highest BCUT2D eigenvalue weighted by Gasteiger charge is 2.10. The van der Waals surface area contributed by atoms with Gasteiger partial charge in [0.25, 0.3) is 0 Å². The Kier molecular flexibility index (Phi) is 8.22. The molecule has 3 nitrogen and oxygen atoms in total. The van der Waals surface area contributed by atoms with Crippen molar-refractivity contribution in [1.29, 1.82) is 0 Å². The molecule has 0 heterocycles. The molecule has 5 heteroatoms. The molecule has 0 aliphatic carbocycles. The minimum atomic E-state index is 0.232. The van der Waals surface area contributed by atoms with Gasteiger partial charge < -0.3 is 15.2 Å². The average Bonchev–Trinajstić information content (AvgIpc) is 2.37. The minimum Gasteiger partial charge on any atom is -0.492 e. The first-order valence-electron chi connectivity index (χ1n) is 6.61. The van der Waals surface area contributed by atoms with E-state index in [0.29, 0.717) is 28.9 Å². The van der Waals surface area contributed by atoms with Crippen molar-refractivity contribution in [2.45, 2.75) is 32.7 Å². The van der Waals surface area contributed by atoms with Gasteiger partial charge in [0, 0.05) is 23.7 Å². The monoisotopic (exact) mass is 305 g/mol. The fourth-order valence-corrected chi connectivity index (χ4v) is 2.29. The predicted molar refractivity (Wildman–Crippen MR) is 80.3 cm³/mol. The maximum atomic E-state index is 8.71. The van der Waals surface area contributed by atoms with Crippen molar-refractivity contribution < 1.29 is 9.84 Å². The number of rotatable bonds is 9. The Hall–Kier alpha value is -0.480. The second kappa shape index (κ2) is 9.43. The summed E-state index contributed by atoms with van der Waals surface area (Å²) in [5, 5.41) is 13.2. The lowest BCUT2D eigenvalue weighted by atomic mass is 10.2. The normalized spacial score (nSPS) is 10.7. The quantitative estimate of drug-likeness (QED) is 0.684. The van der Waals surface area contributed by atoms with E-state index in [0.717, 1.165) is 31.4 Å². The summed E-state index contributed by atoms with van der Waals surface area (Å²) in [6, 6.07) is 3.57. The van der Waals surface area contributed by atoms with Gasteiger partial charge in [-0.25, -0.2) is 0 Å². The molecule has 0 aromatic heterocycles. The van der Waals surface area contributed by atoms with Gasteiger partial charge in [0.15, 0.2) is 0 Å². The van der Waals surface area contributed by atoms with Crippen LogP contribution in [0.25, 0.3) is 0 Å². The maximum absolute atomic E-state index is 8.71. The zero-order chi connectivity index (χ0) is 14.1. The largest absolute Gasteiger partial charge is 0.492 e. The van der Waals surface area contributed by atoms with E-state index in [-0.39, 0.29) is 6.61 Å². The number of ether oxygens (including phenoxy) is 1. The number of halogens is 2. The Morgan fingerprint density at radius 2 is 2.05 bits per heavy atom. The third-order valence-electron chi connectivity index (χ3n) is 2.61. The molecule has 0 aliphatic rings. The molecule has 0 fully saturated rings. The third-order valence-corrected chi connectivity index (χ3v) is 3.11. The molecule has 0 atom stereocenters. The fraction of sp³-hybridized carbons (Fsp3) is 0.571. The summed E-state index contributed by atoms with van der Waals surface area (Å²) in [5.41, 5.74) is 0.968. The SMILES string of the molecule is CCCOc1c(Cl)cc(Cl)cc1CNCCCCO. The topological polar surface area (TPSA) is 41.5 Å². The molecule has 0 saturated carbocycles. The zero-order valence-electron chi connectivity index (χ0n) is 11.2. The molecular weight excluding hydrogens is 285 g/mol. The summed E-state index contributed by atoms with van der Waals surface area (Å²) in [6.45, 7) is 4.42. The number of hydrogen-bond donors (Lipinski definition) is 2. The highest BCUT2D eigenvalue weighted by Crippen LogP contribution is 2.32. The third kappa shape index (κ3) is 6.00. The molecule has 0 aliphatic heterocycles. The number of hydrogen-bond acceptors (Lipinski definition) is 3. The lowest BCUT2D eigenvalue weighted by Crippen LogP contribution is -2.16. The first-order valence-corrected chi connectivity index (χ1v) is 7.37. The van der Waals surface area contributed by atoms with Crippen LogP contribution in [0.2, 0.25) is 10.0 Å². The van der Waals surface area contributed by atoms with Crippen LogP contribution in [0.3, 0.4) is 0 Å². The van der Waals surface area contributed by atoms with Crippen LogP contribution in [0.1, 0.15) is 31.7 Å². The number of aliphatic hydroxyl groups is 1. The molecule has 1 aromatic rings. The number of benzene rings is 1. The first kappa shape index (κ1) is 16.6. The van der Waals surface area contributed by atoms with Crippen LogP contribution >= 0.6 is 23.2 Å². The summed E-state index contributed by atoms with van der Waals surface area (Å²) in [5.74, 6) is 0.711. The van der Waals surface area contributed by atoms with Crippen molar-refractivity contribution in [3.8, 4) is 5.75 Å². The van der Waals surface area contributed by atoms with Crippen LogP contribution in [0.5, 0.6) is 5.75 Å².